The second kappa shape index (κ2) is 10.3. The summed E-state index contributed by atoms with van der Waals surface area (Å²) >= 11 is 1.53. The maximum absolute atomic E-state index is 13.3. The zero-order valence-corrected chi connectivity index (χ0v) is 19.0. The average molecular weight is 442 g/mol. The van der Waals surface area contributed by atoms with Gasteiger partial charge in [0.25, 0.3) is 5.91 Å². The summed E-state index contributed by atoms with van der Waals surface area (Å²) in [5.41, 5.74) is 1.53. The van der Waals surface area contributed by atoms with Crippen LogP contribution in [0.15, 0.2) is 41.7 Å². The molecule has 0 saturated carbocycles. The van der Waals surface area contributed by atoms with E-state index >= 15 is 0 Å². The quantitative estimate of drug-likeness (QED) is 0.668. The Labute approximate surface area is 188 Å². The van der Waals surface area contributed by atoms with Gasteiger partial charge in [-0.15, -0.1) is 0 Å². The Morgan fingerprint density at radius 1 is 0.903 bits per heavy atom. The van der Waals surface area contributed by atoms with Crippen LogP contribution >= 0.6 is 11.8 Å². The minimum absolute atomic E-state index is 0.00449. The van der Waals surface area contributed by atoms with E-state index in [4.69, 9.17) is 0 Å². The molecule has 4 rings (SSSR count). The van der Waals surface area contributed by atoms with Gasteiger partial charge >= 0.3 is 0 Å². The number of imidazole rings is 1. The Kier molecular flexibility index (Phi) is 7.29. The van der Waals surface area contributed by atoms with Crippen LogP contribution in [0, 0.1) is 0 Å². The van der Waals surface area contributed by atoms with E-state index in [9.17, 15) is 9.59 Å². The summed E-state index contributed by atoms with van der Waals surface area (Å²) in [4.78, 5) is 36.5. The fourth-order valence-corrected chi connectivity index (χ4v) is 4.88. The maximum atomic E-state index is 13.3. The molecule has 0 bridgehead atoms. The predicted octanol–water partition coefficient (Wildman–Crippen LogP) is 2.75. The number of carbonyl (C=O) groups is 2. The molecule has 1 aromatic heterocycles. The first-order chi connectivity index (χ1) is 15.2. The molecule has 3 heterocycles. The normalized spacial score (nSPS) is 18.1. The fourth-order valence-electron chi connectivity index (χ4n) is 4.34. The van der Waals surface area contributed by atoms with Crippen molar-refractivity contribution >= 4 is 23.6 Å². The van der Waals surface area contributed by atoms with E-state index in [2.05, 4.69) is 9.88 Å². The molecule has 2 aromatic rings. The van der Waals surface area contributed by atoms with Crippen molar-refractivity contribution in [2.45, 2.75) is 30.8 Å². The van der Waals surface area contributed by atoms with Crippen LogP contribution in [-0.4, -0.2) is 88.1 Å². The lowest BCUT2D eigenvalue weighted by Crippen LogP contribution is -2.51. The lowest BCUT2D eigenvalue weighted by molar-refractivity contribution is -0.132. The molecule has 0 radical (unpaired) electrons. The SMILES string of the molecule is CSc1ncc(C(=O)N2CCN(CC(=O)N3CCCCCC3)CC2)n1-c1ccccc1. The Morgan fingerprint density at radius 2 is 1.58 bits per heavy atom. The summed E-state index contributed by atoms with van der Waals surface area (Å²) in [5, 5.41) is 0.802. The second-order valence-electron chi connectivity index (χ2n) is 8.16. The van der Waals surface area contributed by atoms with Crippen LogP contribution in [-0.2, 0) is 4.79 Å². The fraction of sp³-hybridized carbons (Fsp3) is 0.522. The Balaban J connectivity index is 1.38. The van der Waals surface area contributed by atoms with Gasteiger partial charge in [-0.05, 0) is 31.2 Å². The number of para-hydroxylation sites is 1. The highest BCUT2D eigenvalue weighted by molar-refractivity contribution is 7.98. The third-order valence-corrected chi connectivity index (χ3v) is 6.78. The van der Waals surface area contributed by atoms with Crippen LogP contribution in [0.3, 0.4) is 0 Å². The summed E-state index contributed by atoms with van der Waals surface area (Å²) in [5.74, 6) is 0.226. The minimum atomic E-state index is -0.00449. The van der Waals surface area contributed by atoms with Crippen molar-refractivity contribution in [2.24, 2.45) is 0 Å². The molecule has 2 saturated heterocycles. The predicted molar refractivity (Wildman–Crippen MR) is 123 cm³/mol. The van der Waals surface area contributed by atoms with Crippen LogP contribution in [0.1, 0.15) is 36.2 Å². The molecule has 1 aromatic carbocycles. The molecule has 166 valence electrons. The van der Waals surface area contributed by atoms with Gasteiger partial charge in [-0.3, -0.25) is 19.1 Å². The Bertz CT molecular complexity index is 885. The monoisotopic (exact) mass is 441 g/mol. The van der Waals surface area contributed by atoms with Gasteiger partial charge in [0.15, 0.2) is 5.16 Å². The molecule has 0 atom stereocenters. The molecule has 7 nitrogen and oxygen atoms in total. The van der Waals surface area contributed by atoms with E-state index < -0.39 is 0 Å². The Hall–Kier alpha value is -2.32. The van der Waals surface area contributed by atoms with Crippen molar-refractivity contribution in [3.05, 3.63) is 42.2 Å². The third kappa shape index (κ3) is 5.13. The van der Waals surface area contributed by atoms with Crippen molar-refractivity contribution in [1.29, 1.82) is 0 Å². The third-order valence-electron chi connectivity index (χ3n) is 6.12. The first kappa shape index (κ1) is 21.9. The van der Waals surface area contributed by atoms with Crippen LogP contribution in [0.25, 0.3) is 5.69 Å². The lowest BCUT2D eigenvalue weighted by Gasteiger charge is -2.35. The van der Waals surface area contributed by atoms with E-state index in [1.807, 2.05) is 51.0 Å². The summed E-state index contributed by atoms with van der Waals surface area (Å²) in [6.45, 7) is 4.93. The largest absolute Gasteiger partial charge is 0.342 e. The number of carbonyl (C=O) groups excluding carboxylic acids is 2. The van der Waals surface area contributed by atoms with Gasteiger partial charge in [0.1, 0.15) is 5.69 Å². The molecule has 31 heavy (non-hydrogen) atoms. The Morgan fingerprint density at radius 3 is 2.23 bits per heavy atom. The van der Waals surface area contributed by atoms with E-state index in [0.29, 0.717) is 25.3 Å². The van der Waals surface area contributed by atoms with E-state index in [1.165, 1.54) is 24.6 Å². The molecule has 0 spiro atoms. The highest BCUT2D eigenvalue weighted by Crippen LogP contribution is 2.23. The number of aromatic nitrogens is 2. The summed E-state index contributed by atoms with van der Waals surface area (Å²) in [6.07, 6.45) is 8.32. The number of amides is 2. The molecular weight excluding hydrogens is 410 g/mol. The summed E-state index contributed by atoms with van der Waals surface area (Å²) in [7, 11) is 0. The van der Waals surface area contributed by atoms with Crippen LogP contribution in [0.2, 0.25) is 0 Å². The lowest BCUT2D eigenvalue weighted by atomic mass is 10.2. The first-order valence-corrected chi connectivity index (χ1v) is 12.4. The van der Waals surface area contributed by atoms with E-state index in [0.717, 1.165) is 49.9 Å². The van der Waals surface area contributed by atoms with Gasteiger partial charge in [-0.25, -0.2) is 4.98 Å². The molecule has 8 heteroatoms. The second-order valence-corrected chi connectivity index (χ2v) is 8.94. The van der Waals surface area contributed by atoms with Gasteiger partial charge in [0.05, 0.1) is 12.7 Å². The van der Waals surface area contributed by atoms with Gasteiger partial charge in [-0.1, -0.05) is 42.8 Å². The van der Waals surface area contributed by atoms with Gasteiger partial charge in [0.2, 0.25) is 5.91 Å². The molecule has 2 aliphatic heterocycles. The van der Waals surface area contributed by atoms with Gasteiger partial charge in [-0.2, -0.15) is 0 Å². The topological polar surface area (TPSA) is 61.7 Å². The minimum Gasteiger partial charge on any atom is -0.342 e. The zero-order valence-electron chi connectivity index (χ0n) is 18.2. The van der Waals surface area contributed by atoms with Crippen LogP contribution in [0.4, 0.5) is 0 Å². The summed E-state index contributed by atoms with van der Waals surface area (Å²) < 4.78 is 1.93. The average Bonchev–Trinajstić information content (AvgIpc) is 3.05. The number of hydrogen-bond acceptors (Lipinski definition) is 5. The van der Waals surface area contributed by atoms with Gasteiger partial charge in [0, 0.05) is 45.0 Å². The highest BCUT2D eigenvalue weighted by atomic mass is 32.2. The molecule has 0 unspecified atom stereocenters. The van der Waals surface area contributed by atoms with Crippen molar-refractivity contribution in [2.75, 3.05) is 52.1 Å². The smallest absolute Gasteiger partial charge is 0.272 e. The number of likely N-dealkylation sites (tertiary alicyclic amines) is 1. The molecule has 0 N–H and O–H groups in total. The van der Waals surface area contributed by atoms with Gasteiger partial charge < -0.3 is 9.80 Å². The molecule has 2 aliphatic rings. The molecule has 2 fully saturated rings. The zero-order chi connectivity index (χ0) is 21.6. The number of piperazine rings is 1. The number of benzene rings is 1. The van der Waals surface area contributed by atoms with Crippen molar-refractivity contribution < 1.29 is 9.59 Å². The van der Waals surface area contributed by atoms with Crippen LogP contribution < -0.4 is 0 Å². The first-order valence-electron chi connectivity index (χ1n) is 11.1. The van der Waals surface area contributed by atoms with Crippen LogP contribution in [0.5, 0.6) is 0 Å². The van der Waals surface area contributed by atoms with E-state index in [1.54, 1.807) is 6.20 Å². The van der Waals surface area contributed by atoms with Crippen molar-refractivity contribution in [3.63, 3.8) is 0 Å². The molecule has 0 aliphatic carbocycles. The standard InChI is InChI=1S/C23H31N5O2S/c1-31-23-24-17-20(28(23)19-9-5-4-6-10-19)22(30)27-15-13-25(14-16-27)18-21(29)26-11-7-2-3-8-12-26/h4-6,9-10,17H,2-3,7-8,11-16,18H2,1H3. The highest BCUT2D eigenvalue weighted by Gasteiger charge is 2.27. The van der Waals surface area contributed by atoms with Crippen molar-refractivity contribution in [3.8, 4) is 5.69 Å². The van der Waals surface area contributed by atoms with Crippen molar-refractivity contribution in [1.82, 2.24) is 24.3 Å². The number of rotatable bonds is 5. The molecular formula is C23H31N5O2S. The molecule has 2 amide bonds. The number of hydrogen-bond donors (Lipinski definition) is 0. The van der Waals surface area contributed by atoms with E-state index in [-0.39, 0.29) is 11.8 Å². The summed E-state index contributed by atoms with van der Waals surface area (Å²) in [6, 6.07) is 9.88. The maximum Gasteiger partial charge on any atom is 0.272 e. The number of thioether (sulfide) groups is 1. The number of nitrogens with zero attached hydrogens (tertiary/aromatic N) is 5.